The number of carbonyl (C=O) groups is 1. The van der Waals surface area contributed by atoms with Crippen LogP contribution in [-0.2, 0) is 4.79 Å². The highest BCUT2D eigenvalue weighted by atomic mass is 79.9. The van der Waals surface area contributed by atoms with Crippen molar-refractivity contribution in [1.82, 2.24) is 5.32 Å². The summed E-state index contributed by atoms with van der Waals surface area (Å²) >= 11 is 3.14. The number of anilines is 1. The summed E-state index contributed by atoms with van der Waals surface area (Å²) in [5, 5.41) is 6.12. The van der Waals surface area contributed by atoms with Gasteiger partial charge in [-0.2, -0.15) is 0 Å². The van der Waals surface area contributed by atoms with Crippen molar-refractivity contribution in [2.24, 2.45) is 5.92 Å². The van der Waals surface area contributed by atoms with Gasteiger partial charge in [-0.25, -0.2) is 4.39 Å². The third-order valence-electron chi connectivity index (χ3n) is 3.78. The van der Waals surface area contributed by atoms with Crippen molar-refractivity contribution < 1.29 is 9.18 Å². The second kappa shape index (κ2) is 7.18. The SMILES string of the molecule is Cc1cc(Br)c(F)cc1NC(=O)CCC1CCNCC1. The van der Waals surface area contributed by atoms with Crippen LogP contribution in [0.5, 0.6) is 0 Å². The van der Waals surface area contributed by atoms with Crippen LogP contribution in [0, 0.1) is 18.7 Å². The van der Waals surface area contributed by atoms with Crippen LogP contribution in [0.2, 0.25) is 0 Å². The van der Waals surface area contributed by atoms with E-state index < -0.39 is 0 Å². The number of hydrogen-bond donors (Lipinski definition) is 2. The Morgan fingerprint density at radius 2 is 2.15 bits per heavy atom. The standard InChI is InChI=1S/C15H20BrFN2O/c1-10-8-12(16)13(17)9-14(10)19-15(20)3-2-11-4-6-18-7-5-11/h8-9,11,18H,2-7H2,1H3,(H,19,20). The quantitative estimate of drug-likeness (QED) is 0.877. The second-order valence-corrected chi connectivity index (χ2v) is 6.22. The van der Waals surface area contributed by atoms with Crippen molar-refractivity contribution in [3.05, 3.63) is 28.0 Å². The molecule has 0 saturated carbocycles. The summed E-state index contributed by atoms with van der Waals surface area (Å²) in [5.41, 5.74) is 1.41. The van der Waals surface area contributed by atoms with Crippen molar-refractivity contribution in [3.63, 3.8) is 0 Å². The van der Waals surface area contributed by atoms with Crippen molar-refractivity contribution >= 4 is 27.5 Å². The summed E-state index contributed by atoms with van der Waals surface area (Å²) in [6, 6.07) is 3.04. The molecule has 2 N–H and O–H groups in total. The number of hydrogen-bond acceptors (Lipinski definition) is 2. The molecule has 0 bridgehead atoms. The lowest BCUT2D eigenvalue weighted by Gasteiger charge is -2.22. The molecule has 0 spiro atoms. The molecule has 0 unspecified atom stereocenters. The van der Waals surface area contributed by atoms with Gasteiger partial charge < -0.3 is 10.6 Å². The van der Waals surface area contributed by atoms with E-state index in [1.807, 2.05) is 6.92 Å². The maximum absolute atomic E-state index is 13.5. The fourth-order valence-electron chi connectivity index (χ4n) is 2.50. The molecule has 1 fully saturated rings. The Hall–Kier alpha value is -0.940. The Balaban J connectivity index is 1.86. The summed E-state index contributed by atoms with van der Waals surface area (Å²) in [5.74, 6) is 0.238. The van der Waals surface area contributed by atoms with Crippen LogP contribution in [0.25, 0.3) is 0 Å². The monoisotopic (exact) mass is 342 g/mol. The molecule has 0 atom stereocenters. The summed E-state index contributed by atoms with van der Waals surface area (Å²) in [7, 11) is 0. The van der Waals surface area contributed by atoms with E-state index in [2.05, 4.69) is 26.6 Å². The van der Waals surface area contributed by atoms with Crippen molar-refractivity contribution in [2.75, 3.05) is 18.4 Å². The van der Waals surface area contributed by atoms with Gasteiger partial charge in [0, 0.05) is 12.1 Å². The molecule has 0 radical (unpaired) electrons. The lowest BCUT2D eigenvalue weighted by Crippen LogP contribution is -2.28. The minimum atomic E-state index is -0.357. The molecule has 2 rings (SSSR count). The zero-order valence-electron chi connectivity index (χ0n) is 11.6. The third-order valence-corrected chi connectivity index (χ3v) is 4.39. The number of nitrogens with one attached hydrogen (secondary N) is 2. The van der Waals surface area contributed by atoms with Crippen LogP contribution < -0.4 is 10.6 Å². The lowest BCUT2D eigenvalue weighted by atomic mass is 9.93. The Morgan fingerprint density at radius 1 is 1.45 bits per heavy atom. The first-order valence-corrected chi connectivity index (χ1v) is 7.82. The van der Waals surface area contributed by atoms with Gasteiger partial charge in [0.15, 0.2) is 0 Å². The lowest BCUT2D eigenvalue weighted by molar-refractivity contribution is -0.116. The molecular formula is C15H20BrFN2O. The predicted octanol–water partition coefficient (Wildman–Crippen LogP) is 3.61. The molecule has 1 aromatic carbocycles. The van der Waals surface area contributed by atoms with Gasteiger partial charge in [0.1, 0.15) is 5.82 Å². The maximum Gasteiger partial charge on any atom is 0.224 e. The van der Waals surface area contributed by atoms with Crippen LogP contribution in [0.4, 0.5) is 10.1 Å². The number of halogens is 2. The molecule has 1 heterocycles. The van der Waals surface area contributed by atoms with E-state index in [1.54, 1.807) is 6.07 Å². The summed E-state index contributed by atoms with van der Waals surface area (Å²) in [6.45, 7) is 3.94. The van der Waals surface area contributed by atoms with E-state index in [9.17, 15) is 9.18 Å². The van der Waals surface area contributed by atoms with Gasteiger partial charge in [-0.3, -0.25) is 4.79 Å². The number of rotatable bonds is 4. The van der Waals surface area contributed by atoms with Crippen LogP contribution >= 0.6 is 15.9 Å². The molecule has 1 aliphatic heterocycles. The first kappa shape index (κ1) is 15.4. The fourth-order valence-corrected chi connectivity index (χ4v) is 2.96. The van der Waals surface area contributed by atoms with Gasteiger partial charge in [-0.05, 0) is 78.8 Å². The van der Waals surface area contributed by atoms with Crippen LogP contribution in [0.3, 0.4) is 0 Å². The highest BCUT2D eigenvalue weighted by molar-refractivity contribution is 9.10. The average Bonchev–Trinajstić information content (AvgIpc) is 2.44. The normalized spacial score (nSPS) is 16.1. The van der Waals surface area contributed by atoms with E-state index >= 15 is 0 Å². The number of piperidine rings is 1. The summed E-state index contributed by atoms with van der Waals surface area (Å²) < 4.78 is 13.9. The molecule has 3 nitrogen and oxygen atoms in total. The Morgan fingerprint density at radius 3 is 2.85 bits per heavy atom. The molecule has 1 aliphatic rings. The van der Waals surface area contributed by atoms with Gasteiger partial charge in [0.2, 0.25) is 5.91 Å². The first-order chi connectivity index (χ1) is 9.56. The highest BCUT2D eigenvalue weighted by Gasteiger charge is 2.15. The van der Waals surface area contributed by atoms with Gasteiger partial charge in [0.05, 0.1) is 4.47 Å². The number of carbonyl (C=O) groups excluding carboxylic acids is 1. The number of benzene rings is 1. The van der Waals surface area contributed by atoms with Gasteiger partial charge in [0.25, 0.3) is 0 Å². The minimum Gasteiger partial charge on any atom is -0.326 e. The summed E-state index contributed by atoms with van der Waals surface area (Å²) in [4.78, 5) is 11.9. The molecule has 1 amide bonds. The van der Waals surface area contributed by atoms with E-state index in [4.69, 9.17) is 0 Å². The largest absolute Gasteiger partial charge is 0.326 e. The molecule has 1 aromatic rings. The third kappa shape index (κ3) is 4.28. The Labute approximate surface area is 127 Å². The first-order valence-electron chi connectivity index (χ1n) is 7.02. The minimum absolute atomic E-state index is 0.0339. The highest BCUT2D eigenvalue weighted by Crippen LogP contribution is 2.24. The molecule has 5 heteroatoms. The van der Waals surface area contributed by atoms with Gasteiger partial charge >= 0.3 is 0 Å². The molecular weight excluding hydrogens is 323 g/mol. The second-order valence-electron chi connectivity index (χ2n) is 5.36. The van der Waals surface area contributed by atoms with E-state index in [0.29, 0.717) is 22.5 Å². The average molecular weight is 343 g/mol. The van der Waals surface area contributed by atoms with Crippen molar-refractivity contribution in [2.45, 2.75) is 32.6 Å². The van der Waals surface area contributed by atoms with Crippen molar-refractivity contribution in [1.29, 1.82) is 0 Å². The molecule has 0 aliphatic carbocycles. The Kier molecular flexibility index (Phi) is 5.54. The van der Waals surface area contributed by atoms with Gasteiger partial charge in [-0.1, -0.05) is 0 Å². The van der Waals surface area contributed by atoms with Crippen molar-refractivity contribution in [3.8, 4) is 0 Å². The van der Waals surface area contributed by atoms with E-state index in [-0.39, 0.29) is 11.7 Å². The molecule has 1 saturated heterocycles. The zero-order valence-corrected chi connectivity index (χ0v) is 13.2. The molecule has 0 aromatic heterocycles. The number of amides is 1. The van der Waals surface area contributed by atoms with Crippen LogP contribution in [0.1, 0.15) is 31.2 Å². The van der Waals surface area contributed by atoms with E-state index in [0.717, 1.165) is 37.9 Å². The van der Waals surface area contributed by atoms with Gasteiger partial charge in [-0.15, -0.1) is 0 Å². The number of aryl methyl sites for hydroxylation is 1. The van der Waals surface area contributed by atoms with Crippen LogP contribution in [-0.4, -0.2) is 19.0 Å². The fraction of sp³-hybridized carbons (Fsp3) is 0.533. The Bertz CT molecular complexity index is 487. The zero-order chi connectivity index (χ0) is 14.5. The smallest absolute Gasteiger partial charge is 0.224 e. The topological polar surface area (TPSA) is 41.1 Å². The molecule has 20 heavy (non-hydrogen) atoms. The predicted molar refractivity (Wildman–Crippen MR) is 82.3 cm³/mol. The molecule has 110 valence electrons. The van der Waals surface area contributed by atoms with Crippen LogP contribution in [0.15, 0.2) is 16.6 Å². The summed E-state index contributed by atoms with van der Waals surface area (Å²) in [6.07, 6.45) is 3.69. The maximum atomic E-state index is 13.5. The van der Waals surface area contributed by atoms with E-state index in [1.165, 1.54) is 6.07 Å².